The third-order valence-electron chi connectivity index (χ3n) is 4.28. The molecule has 7 nitrogen and oxygen atoms in total. The third kappa shape index (κ3) is 4.05. The van der Waals surface area contributed by atoms with E-state index >= 15 is 0 Å². The van der Waals surface area contributed by atoms with E-state index in [0.717, 1.165) is 0 Å². The smallest absolute Gasteiger partial charge is 0.264 e. The van der Waals surface area contributed by atoms with Gasteiger partial charge in [-0.05, 0) is 45.9 Å². The van der Waals surface area contributed by atoms with E-state index in [0.29, 0.717) is 32.6 Å². The molecule has 2 aromatic heterocycles. The van der Waals surface area contributed by atoms with Gasteiger partial charge in [-0.25, -0.2) is 9.67 Å². The summed E-state index contributed by atoms with van der Waals surface area (Å²) in [6.45, 7) is 7.94. The summed E-state index contributed by atoms with van der Waals surface area (Å²) in [5.74, 6) is 0.293. The molecular formula is C19H21Cl2N5O2. The summed E-state index contributed by atoms with van der Waals surface area (Å²) >= 11 is 11.8. The van der Waals surface area contributed by atoms with Crippen molar-refractivity contribution in [3.05, 3.63) is 50.6 Å². The highest BCUT2D eigenvalue weighted by Gasteiger charge is 2.21. The average Bonchev–Trinajstić information content (AvgIpc) is 3.02. The van der Waals surface area contributed by atoms with Crippen LogP contribution >= 0.6 is 23.2 Å². The van der Waals surface area contributed by atoms with E-state index in [9.17, 15) is 9.59 Å². The topological polar surface area (TPSA) is 81.8 Å². The number of hydrogen-bond acceptors (Lipinski definition) is 4. The Morgan fingerprint density at radius 1 is 1.21 bits per heavy atom. The molecule has 3 aromatic rings. The standard InChI is InChI=1S/C19H21Cl2N5O2/c1-11-23-17-13(10-22-26(17)19(2,3)4)18(28)25(11)8-7-16(27)24-12-5-6-14(20)15(21)9-12/h5-6,9-10H,7-8H2,1-4H3,(H,24,27). The van der Waals surface area contributed by atoms with Crippen molar-refractivity contribution in [1.29, 1.82) is 0 Å². The van der Waals surface area contributed by atoms with Crippen molar-refractivity contribution in [2.45, 2.75) is 46.2 Å². The molecule has 0 spiro atoms. The molecule has 1 amide bonds. The van der Waals surface area contributed by atoms with Gasteiger partial charge in [0.05, 0.1) is 21.8 Å². The minimum Gasteiger partial charge on any atom is -0.326 e. The summed E-state index contributed by atoms with van der Waals surface area (Å²) in [5, 5.41) is 8.27. The summed E-state index contributed by atoms with van der Waals surface area (Å²) < 4.78 is 3.23. The molecule has 0 unspecified atom stereocenters. The van der Waals surface area contributed by atoms with Crippen molar-refractivity contribution in [2.75, 3.05) is 5.32 Å². The SMILES string of the molecule is Cc1nc2c(cnn2C(C)(C)C)c(=O)n1CCC(=O)Nc1ccc(Cl)c(Cl)c1. The molecule has 1 aromatic carbocycles. The number of fused-ring (bicyclic) bond motifs is 1. The number of aromatic nitrogens is 4. The minimum atomic E-state index is -0.292. The van der Waals surface area contributed by atoms with Crippen molar-refractivity contribution in [2.24, 2.45) is 0 Å². The lowest BCUT2D eigenvalue weighted by Gasteiger charge is -2.20. The predicted molar refractivity (Wildman–Crippen MR) is 111 cm³/mol. The molecule has 0 atom stereocenters. The van der Waals surface area contributed by atoms with Crippen LogP contribution in [0.2, 0.25) is 10.0 Å². The maximum Gasteiger partial charge on any atom is 0.264 e. The number of rotatable bonds is 4. The van der Waals surface area contributed by atoms with E-state index in [1.807, 2.05) is 20.8 Å². The zero-order chi connectivity index (χ0) is 20.6. The maximum absolute atomic E-state index is 12.8. The highest BCUT2D eigenvalue weighted by atomic mass is 35.5. The van der Waals surface area contributed by atoms with Gasteiger partial charge in [0.25, 0.3) is 5.56 Å². The van der Waals surface area contributed by atoms with Gasteiger partial charge in [-0.2, -0.15) is 5.10 Å². The van der Waals surface area contributed by atoms with Crippen molar-refractivity contribution >= 4 is 45.8 Å². The van der Waals surface area contributed by atoms with Gasteiger partial charge in [0, 0.05) is 18.7 Å². The number of nitrogens with one attached hydrogen (secondary N) is 1. The van der Waals surface area contributed by atoms with Crippen LogP contribution in [0.15, 0.2) is 29.2 Å². The molecule has 1 N–H and O–H groups in total. The Morgan fingerprint density at radius 2 is 1.93 bits per heavy atom. The molecule has 0 bridgehead atoms. The van der Waals surface area contributed by atoms with Crippen LogP contribution < -0.4 is 10.9 Å². The Labute approximate surface area is 172 Å². The Kier molecular flexibility index (Phi) is 5.50. The first-order valence-electron chi connectivity index (χ1n) is 8.78. The van der Waals surface area contributed by atoms with Gasteiger partial charge in [0.2, 0.25) is 5.91 Å². The van der Waals surface area contributed by atoms with Crippen LogP contribution in [0.4, 0.5) is 5.69 Å². The Hall–Kier alpha value is -2.38. The summed E-state index contributed by atoms with van der Waals surface area (Å²) in [7, 11) is 0. The molecule has 0 radical (unpaired) electrons. The summed E-state index contributed by atoms with van der Waals surface area (Å²) in [5.41, 5.74) is 0.592. The molecule has 3 rings (SSSR count). The van der Waals surface area contributed by atoms with Crippen LogP contribution in [-0.2, 0) is 16.9 Å². The van der Waals surface area contributed by atoms with Gasteiger partial charge in [-0.15, -0.1) is 0 Å². The quantitative estimate of drug-likeness (QED) is 0.689. The van der Waals surface area contributed by atoms with Crippen LogP contribution in [0.5, 0.6) is 0 Å². The number of benzene rings is 1. The summed E-state index contributed by atoms with van der Waals surface area (Å²) in [6, 6.07) is 4.85. The van der Waals surface area contributed by atoms with Crippen LogP contribution in [0, 0.1) is 6.92 Å². The fraction of sp³-hybridized carbons (Fsp3) is 0.368. The number of halogens is 2. The van der Waals surface area contributed by atoms with E-state index in [4.69, 9.17) is 23.2 Å². The van der Waals surface area contributed by atoms with Crippen molar-refractivity contribution < 1.29 is 4.79 Å². The lowest BCUT2D eigenvalue weighted by atomic mass is 10.1. The Morgan fingerprint density at radius 3 is 2.57 bits per heavy atom. The fourth-order valence-corrected chi connectivity index (χ4v) is 3.17. The monoisotopic (exact) mass is 421 g/mol. The maximum atomic E-state index is 12.8. The molecule has 0 fully saturated rings. The molecule has 28 heavy (non-hydrogen) atoms. The zero-order valence-electron chi connectivity index (χ0n) is 16.1. The lowest BCUT2D eigenvalue weighted by Crippen LogP contribution is -2.28. The molecule has 0 aliphatic heterocycles. The highest BCUT2D eigenvalue weighted by molar-refractivity contribution is 6.42. The fourth-order valence-electron chi connectivity index (χ4n) is 2.87. The molecule has 9 heteroatoms. The molecule has 0 saturated carbocycles. The second-order valence-electron chi connectivity index (χ2n) is 7.51. The average molecular weight is 422 g/mol. The van der Waals surface area contributed by atoms with Gasteiger partial charge in [-0.3, -0.25) is 14.2 Å². The van der Waals surface area contributed by atoms with E-state index in [1.165, 1.54) is 10.8 Å². The molecule has 2 heterocycles. The number of aryl methyl sites for hydroxylation is 1. The largest absolute Gasteiger partial charge is 0.326 e. The Bertz CT molecular complexity index is 1110. The van der Waals surface area contributed by atoms with Crippen LogP contribution in [0.3, 0.4) is 0 Å². The third-order valence-corrected chi connectivity index (χ3v) is 5.02. The number of carbonyl (C=O) groups is 1. The first-order chi connectivity index (χ1) is 13.1. The number of carbonyl (C=O) groups excluding carboxylic acids is 1. The van der Waals surface area contributed by atoms with Crippen LogP contribution in [0.25, 0.3) is 11.0 Å². The van der Waals surface area contributed by atoms with E-state index in [-0.39, 0.29) is 30.0 Å². The number of nitrogens with zero attached hydrogens (tertiary/aromatic N) is 4. The van der Waals surface area contributed by atoms with E-state index in [2.05, 4.69) is 15.4 Å². The Balaban J connectivity index is 1.80. The van der Waals surface area contributed by atoms with E-state index < -0.39 is 0 Å². The molecule has 0 aliphatic rings. The molecular weight excluding hydrogens is 401 g/mol. The normalized spacial score (nSPS) is 11.8. The molecule has 0 saturated heterocycles. The lowest BCUT2D eigenvalue weighted by molar-refractivity contribution is -0.116. The van der Waals surface area contributed by atoms with Crippen LogP contribution in [-0.4, -0.2) is 25.2 Å². The van der Waals surface area contributed by atoms with Gasteiger partial charge in [0.1, 0.15) is 11.2 Å². The minimum absolute atomic E-state index is 0.113. The van der Waals surface area contributed by atoms with Crippen molar-refractivity contribution in [1.82, 2.24) is 19.3 Å². The highest BCUT2D eigenvalue weighted by Crippen LogP contribution is 2.25. The van der Waals surface area contributed by atoms with Gasteiger partial charge < -0.3 is 5.32 Å². The summed E-state index contributed by atoms with van der Waals surface area (Å²) in [4.78, 5) is 29.7. The second kappa shape index (κ2) is 7.56. The van der Waals surface area contributed by atoms with Crippen molar-refractivity contribution in [3.8, 4) is 0 Å². The van der Waals surface area contributed by atoms with Crippen molar-refractivity contribution in [3.63, 3.8) is 0 Å². The number of anilines is 1. The first kappa shape index (κ1) is 20.4. The second-order valence-corrected chi connectivity index (χ2v) is 8.32. The van der Waals surface area contributed by atoms with Gasteiger partial charge in [-0.1, -0.05) is 23.2 Å². The van der Waals surface area contributed by atoms with Crippen LogP contribution in [0.1, 0.15) is 33.0 Å². The molecule has 148 valence electrons. The number of hydrogen-bond donors (Lipinski definition) is 1. The summed E-state index contributed by atoms with van der Waals surface area (Å²) in [6.07, 6.45) is 1.64. The number of amides is 1. The first-order valence-corrected chi connectivity index (χ1v) is 9.54. The predicted octanol–water partition coefficient (Wildman–Crippen LogP) is 3.99. The zero-order valence-corrected chi connectivity index (χ0v) is 17.6. The molecule has 0 aliphatic carbocycles. The van der Waals surface area contributed by atoms with E-state index in [1.54, 1.807) is 29.8 Å². The van der Waals surface area contributed by atoms with Gasteiger partial charge in [0.15, 0.2) is 5.65 Å². The van der Waals surface area contributed by atoms with Gasteiger partial charge >= 0.3 is 0 Å².